The molecule has 0 saturated heterocycles. The molecule has 1 saturated carbocycles. The van der Waals surface area contributed by atoms with Gasteiger partial charge in [0.25, 0.3) is 0 Å². The van der Waals surface area contributed by atoms with Crippen molar-refractivity contribution < 1.29 is 4.74 Å². The van der Waals surface area contributed by atoms with Gasteiger partial charge < -0.3 is 10.1 Å². The molecule has 17 heavy (non-hydrogen) atoms. The van der Waals surface area contributed by atoms with Crippen LogP contribution in [0.25, 0.3) is 0 Å². The van der Waals surface area contributed by atoms with E-state index in [1.54, 1.807) is 6.33 Å². The van der Waals surface area contributed by atoms with Gasteiger partial charge in [0.1, 0.15) is 6.33 Å². The minimum Gasteiger partial charge on any atom is -0.478 e. The van der Waals surface area contributed by atoms with Crippen molar-refractivity contribution in [2.45, 2.75) is 39.2 Å². The normalized spacial score (nSPS) is 16.9. The van der Waals surface area contributed by atoms with E-state index in [2.05, 4.69) is 15.3 Å². The van der Waals surface area contributed by atoms with Crippen molar-refractivity contribution in [1.82, 2.24) is 15.3 Å². The average Bonchev–Trinajstić information content (AvgIpc) is 3.15. The fourth-order valence-electron chi connectivity index (χ4n) is 2.17. The van der Waals surface area contributed by atoms with Crippen LogP contribution in [0.4, 0.5) is 0 Å². The third-order valence-corrected chi connectivity index (χ3v) is 3.40. The van der Waals surface area contributed by atoms with E-state index in [0.717, 1.165) is 29.5 Å². The molecule has 0 bridgehead atoms. The van der Waals surface area contributed by atoms with Gasteiger partial charge in [-0.15, -0.1) is 0 Å². The predicted octanol–water partition coefficient (Wildman–Crippen LogP) is 1.72. The molecule has 0 amide bonds. The highest BCUT2D eigenvalue weighted by atomic mass is 16.5. The van der Waals surface area contributed by atoms with E-state index in [-0.39, 0.29) is 0 Å². The van der Waals surface area contributed by atoms with Crippen molar-refractivity contribution in [1.29, 1.82) is 0 Å². The van der Waals surface area contributed by atoms with Gasteiger partial charge in [0.2, 0.25) is 5.88 Å². The minimum absolute atomic E-state index is 0.540. The summed E-state index contributed by atoms with van der Waals surface area (Å²) in [5, 5.41) is 3.39. The zero-order valence-corrected chi connectivity index (χ0v) is 10.9. The molecule has 1 aliphatic rings. The van der Waals surface area contributed by atoms with E-state index < -0.39 is 0 Å². The van der Waals surface area contributed by atoms with Crippen LogP contribution in [-0.2, 0) is 6.42 Å². The molecule has 1 aromatic rings. The lowest BCUT2D eigenvalue weighted by molar-refractivity contribution is 0.322. The largest absolute Gasteiger partial charge is 0.478 e. The molecule has 2 rings (SSSR count). The molecule has 0 aromatic carbocycles. The summed E-state index contributed by atoms with van der Waals surface area (Å²) < 4.78 is 5.50. The van der Waals surface area contributed by atoms with Crippen LogP contribution in [0.15, 0.2) is 6.33 Å². The maximum absolute atomic E-state index is 5.50. The van der Waals surface area contributed by atoms with Gasteiger partial charge >= 0.3 is 0 Å². The summed E-state index contributed by atoms with van der Waals surface area (Å²) in [6.07, 6.45) is 5.25. The zero-order chi connectivity index (χ0) is 12.3. The summed E-state index contributed by atoms with van der Waals surface area (Å²) >= 11 is 0. The van der Waals surface area contributed by atoms with E-state index >= 15 is 0 Å². The van der Waals surface area contributed by atoms with Crippen molar-refractivity contribution >= 4 is 0 Å². The van der Waals surface area contributed by atoms with Gasteiger partial charge in [-0.3, -0.25) is 0 Å². The molecule has 0 radical (unpaired) electrons. The molecule has 1 fully saturated rings. The molecule has 1 unspecified atom stereocenters. The molecule has 1 atom stereocenters. The summed E-state index contributed by atoms with van der Waals surface area (Å²) in [5.74, 6) is 1.55. The Morgan fingerprint density at radius 1 is 1.47 bits per heavy atom. The Balaban J connectivity index is 2.11. The second-order valence-electron chi connectivity index (χ2n) is 4.62. The first-order chi connectivity index (χ1) is 8.26. The highest BCUT2D eigenvalue weighted by molar-refractivity contribution is 5.28. The monoisotopic (exact) mass is 235 g/mol. The highest BCUT2D eigenvalue weighted by Gasteiger charge is 2.30. The summed E-state index contributed by atoms with van der Waals surface area (Å²) in [4.78, 5) is 8.56. The fraction of sp³-hybridized carbons (Fsp3) is 0.692. The van der Waals surface area contributed by atoms with Gasteiger partial charge in [-0.1, -0.05) is 0 Å². The van der Waals surface area contributed by atoms with E-state index in [9.17, 15) is 0 Å². The maximum atomic E-state index is 5.50. The second-order valence-corrected chi connectivity index (χ2v) is 4.62. The Morgan fingerprint density at radius 3 is 2.82 bits per heavy atom. The molecular formula is C13H21N3O. The first kappa shape index (κ1) is 12.3. The third kappa shape index (κ3) is 2.94. The van der Waals surface area contributed by atoms with Crippen molar-refractivity contribution in [3.05, 3.63) is 17.6 Å². The van der Waals surface area contributed by atoms with Crippen LogP contribution in [0.1, 0.15) is 31.0 Å². The number of hydrogen-bond donors (Lipinski definition) is 1. The summed E-state index contributed by atoms with van der Waals surface area (Å²) in [6.45, 7) is 4.66. The number of aromatic nitrogens is 2. The van der Waals surface area contributed by atoms with Gasteiger partial charge in [0.05, 0.1) is 12.3 Å². The first-order valence-electron chi connectivity index (χ1n) is 6.36. The van der Waals surface area contributed by atoms with Crippen LogP contribution in [0.5, 0.6) is 5.88 Å². The van der Waals surface area contributed by atoms with Gasteiger partial charge in [-0.2, -0.15) is 0 Å². The molecule has 4 heteroatoms. The number of ether oxygens (including phenoxy) is 1. The minimum atomic E-state index is 0.540. The van der Waals surface area contributed by atoms with Crippen molar-refractivity contribution in [2.24, 2.45) is 5.92 Å². The third-order valence-electron chi connectivity index (χ3n) is 3.40. The summed E-state index contributed by atoms with van der Waals surface area (Å²) in [7, 11) is 2.03. The van der Waals surface area contributed by atoms with Gasteiger partial charge in [0, 0.05) is 18.0 Å². The molecule has 1 heterocycles. The van der Waals surface area contributed by atoms with E-state index in [1.165, 1.54) is 12.8 Å². The molecular weight excluding hydrogens is 214 g/mol. The number of likely N-dealkylation sites (N-methyl/N-ethyl adjacent to an activating group) is 1. The zero-order valence-electron chi connectivity index (χ0n) is 10.9. The number of rotatable bonds is 6. The van der Waals surface area contributed by atoms with Crippen molar-refractivity contribution in [3.8, 4) is 5.88 Å². The lowest BCUT2D eigenvalue weighted by atomic mass is 10.0. The quantitative estimate of drug-likeness (QED) is 0.815. The highest BCUT2D eigenvalue weighted by Crippen LogP contribution is 2.34. The lowest BCUT2D eigenvalue weighted by Gasteiger charge is -2.16. The van der Waals surface area contributed by atoms with Crippen LogP contribution in [0.3, 0.4) is 0 Å². The SMILES string of the molecule is CCOc1ncnc(CC(NC)C2CC2)c1C. The van der Waals surface area contributed by atoms with Crippen LogP contribution >= 0.6 is 0 Å². The number of nitrogens with one attached hydrogen (secondary N) is 1. The standard InChI is InChI=1S/C13H21N3O/c1-4-17-13-9(2)11(15-8-16-13)7-12(14-3)10-5-6-10/h8,10,12,14H,4-7H2,1-3H3. The Hall–Kier alpha value is -1.16. The molecule has 1 aliphatic carbocycles. The Kier molecular flexibility index (Phi) is 3.94. The molecule has 4 nitrogen and oxygen atoms in total. The number of nitrogens with zero attached hydrogens (tertiary/aromatic N) is 2. The molecule has 0 spiro atoms. The van der Waals surface area contributed by atoms with Crippen LogP contribution in [0, 0.1) is 12.8 Å². The van der Waals surface area contributed by atoms with Crippen LogP contribution in [0.2, 0.25) is 0 Å². The molecule has 1 aromatic heterocycles. The Bertz CT molecular complexity index is 377. The first-order valence-corrected chi connectivity index (χ1v) is 6.36. The molecule has 1 N–H and O–H groups in total. The number of hydrogen-bond acceptors (Lipinski definition) is 4. The second kappa shape index (κ2) is 5.45. The smallest absolute Gasteiger partial charge is 0.219 e. The average molecular weight is 235 g/mol. The van der Waals surface area contributed by atoms with Crippen LogP contribution in [-0.4, -0.2) is 29.7 Å². The topological polar surface area (TPSA) is 47.0 Å². The summed E-state index contributed by atoms with van der Waals surface area (Å²) in [6, 6.07) is 0.540. The molecule has 94 valence electrons. The van der Waals surface area contributed by atoms with E-state index in [0.29, 0.717) is 12.6 Å². The molecule has 0 aliphatic heterocycles. The Labute approximate surface area is 103 Å². The fourth-order valence-corrected chi connectivity index (χ4v) is 2.17. The van der Waals surface area contributed by atoms with Crippen molar-refractivity contribution in [3.63, 3.8) is 0 Å². The van der Waals surface area contributed by atoms with Gasteiger partial charge in [-0.05, 0) is 39.7 Å². The maximum Gasteiger partial charge on any atom is 0.219 e. The van der Waals surface area contributed by atoms with E-state index in [4.69, 9.17) is 4.74 Å². The summed E-state index contributed by atoms with van der Waals surface area (Å²) in [5.41, 5.74) is 2.19. The van der Waals surface area contributed by atoms with Gasteiger partial charge in [-0.25, -0.2) is 9.97 Å². The van der Waals surface area contributed by atoms with Crippen LogP contribution < -0.4 is 10.1 Å². The van der Waals surface area contributed by atoms with Gasteiger partial charge in [0.15, 0.2) is 0 Å². The predicted molar refractivity (Wildman–Crippen MR) is 67.2 cm³/mol. The lowest BCUT2D eigenvalue weighted by Crippen LogP contribution is -2.30. The van der Waals surface area contributed by atoms with Crippen molar-refractivity contribution in [2.75, 3.05) is 13.7 Å². The Morgan fingerprint density at radius 2 is 2.24 bits per heavy atom. The van der Waals surface area contributed by atoms with E-state index in [1.807, 2.05) is 20.9 Å².